The summed E-state index contributed by atoms with van der Waals surface area (Å²) in [5, 5.41) is 26.7. The number of esters is 3. The van der Waals surface area contributed by atoms with Crippen molar-refractivity contribution in [2.24, 2.45) is 17.8 Å². The van der Waals surface area contributed by atoms with Crippen LogP contribution in [0.15, 0.2) is 91.4 Å². The van der Waals surface area contributed by atoms with Gasteiger partial charge >= 0.3 is 17.9 Å². The third-order valence-electron chi connectivity index (χ3n) is 9.58. The van der Waals surface area contributed by atoms with Crippen LogP contribution in [0.4, 0.5) is 0 Å². The number of carbonyl (C=O) groups excluding carboxylic acids is 3. The number of nitrogens with zero attached hydrogens (tertiary/aromatic N) is 10. The lowest BCUT2D eigenvalue weighted by Crippen LogP contribution is -2.23. The molecule has 6 aromatic rings. The first-order valence-electron chi connectivity index (χ1n) is 20.5. The third kappa shape index (κ3) is 13.7. The van der Waals surface area contributed by atoms with Gasteiger partial charge < -0.3 is 14.2 Å². The first kappa shape index (κ1) is 44.0. The second-order valence-electron chi connectivity index (χ2n) is 16.1. The van der Waals surface area contributed by atoms with Crippen LogP contribution in [-0.2, 0) is 87.7 Å². The Labute approximate surface area is 355 Å². The average Bonchev–Trinajstić information content (AvgIpc) is 4.01. The van der Waals surface area contributed by atoms with Gasteiger partial charge in [-0.2, -0.15) is 0 Å². The molecule has 6 rings (SSSR count). The van der Waals surface area contributed by atoms with Crippen molar-refractivity contribution in [1.29, 1.82) is 0 Å². The minimum atomic E-state index is -0.223. The van der Waals surface area contributed by atoms with E-state index in [0.29, 0.717) is 39.3 Å². The molecule has 320 valence electrons. The molecule has 0 aliphatic heterocycles. The van der Waals surface area contributed by atoms with Gasteiger partial charge in [0.05, 0.1) is 73.1 Å². The molecule has 16 nitrogen and oxygen atoms in total. The van der Waals surface area contributed by atoms with Crippen LogP contribution in [-0.4, -0.2) is 67.8 Å². The average molecular weight is 831 g/mol. The predicted octanol–water partition coefficient (Wildman–Crippen LogP) is 5.91. The van der Waals surface area contributed by atoms with Crippen LogP contribution >= 0.6 is 0 Å². The fourth-order valence-electron chi connectivity index (χ4n) is 6.07. The maximum absolute atomic E-state index is 11.9. The van der Waals surface area contributed by atoms with Crippen molar-refractivity contribution < 1.29 is 28.6 Å². The molecule has 0 saturated carbocycles. The van der Waals surface area contributed by atoms with Gasteiger partial charge in [-0.1, -0.05) is 130 Å². The predicted molar refractivity (Wildman–Crippen MR) is 224 cm³/mol. The monoisotopic (exact) mass is 830 g/mol. The van der Waals surface area contributed by atoms with Crippen LogP contribution in [0.25, 0.3) is 0 Å². The van der Waals surface area contributed by atoms with E-state index < -0.39 is 0 Å². The van der Waals surface area contributed by atoms with Gasteiger partial charge in [0.2, 0.25) is 0 Å². The summed E-state index contributed by atoms with van der Waals surface area (Å²) in [7, 11) is 0. The molecule has 0 aliphatic rings. The molecule has 3 aromatic heterocycles. The van der Waals surface area contributed by atoms with E-state index in [4.69, 9.17) is 14.2 Å². The fourth-order valence-corrected chi connectivity index (χ4v) is 6.07. The summed E-state index contributed by atoms with van der Waals surface area (Å²) in [5.41, 5.74) is 8.18. The molecule has 0 amide bonds. The van der Waals surface area contributed by atoms with Gasteiger partial charge in [-0.25, -0.2) is 14.0 Å². The van der Waals surface area contributed by atoms with E-state index in [9.17, 15) is 14.4 Å². The Morgan fingerprint density at radius 1 is 0.443 bits per heavy atom. The smallest absolute Gasteiger partial charge is 0.308 e. The van der Waals surface area contributed by atoms with E-state index in [1.807, 2.05) is 133 Å². The Hall–Kier alpha value is -6.55. The van der Waals surface area contributed by atoms with Crippen molar-refractivity contribution in [1.82, 2.24) is 49.9 Å². The molecule has 61 heavy (non-hydrogen) atoms. The first-order valence-corrected chi connectivity index (χ1v) is 20.5. The Balaban J connectivity index is 1.10. The number of aromatic nitrogens is 9. The van der Waals surface area contributed by atoms with E-state index in [2.05, 4.69) is 35.8 Å². The lowest BCUT2D eigenvalue weighted by atomic mass is 10.1. The fraction of sp³-hybridized carbons (Fsp3) is 0.400. The maximum Gasteiger partial charge on any atom is 0.308 e. The number of ether oxygens (including phenoxy) is 3. The zero-order valence-electron chi connectivity index (χ0n) is 35.7. The molecule has 16 heteroatoms. The van der Waals surface area contributed by atoms with E-state index in [1.54, 1.807) is 14.0 Å². The number of hydrogen-bond acceptors (Lipinski definition) is 13. The van der Waals surface area contributed by atoms with Crippen LogP contribution in [0.5, 0.6) is 0 Å². The molecule has 0 radical (unpaired) electrons. The van der Waals surface area contributed by atoms with Crippen molar-refractivity contribution >= 4 is 17.9 Å². The van der Waals surface area contributed by atoms with Crippen LogP contribution < -0.4 is 0 Å². The lowest BCUT2D eigenvalue weighted by Gasteiger charge is -2.18. The highest BCUT2D eigenvalue weighted by Crippen LogP contribution is 2.15. The van der Waals surface area contributed by atoms with Crippen LogP contribution in [0.2, 0.25) is 0 Å². The molecular formula is C45H54N10O6. The summed E-state index contributed by atoms with van der Waals surface area (Å²) in [6.45, 7) is 14.6. The molecule has 0 aliphatic carbocycles. The summed E-state index contributed by atoms with van der Waals surface area (Å²) < 4.78 is 21.5. The van der Waals surface area contributed by atoms with Gasteiger partial charge in [0.1, 0.15) is 19.8 Å². The van der Waals surface area contributed by atoms with Gasteiger partial charge in [-0.3, -0.25) is 19.3 Å². The Kier molecular flexibility index (Phi) is 15.2. The van der Waals surface area contributed by atoms with Gasteiger partial charge in [0, 0.05) is 19.6 Å². The minimum Gasteiger partial charge on any atom is -0.461 e. The largest absolute Gasteiger partial charge is 0.461 e. The zero-order valence-corrected chi connectivity index (χ0v) is 35.7. The number of benzene rings is 3. The van der Waals surface area contributed by atoms with E-state index >= 15 is 0 Å². The number of carbonyl (C=O) groups is 3. The highest BCUT2D eigenvalue weighted by Gasteiger charge is 2.17. The first-order chi connectivity index (χ1) is 29.3. The zero-order chi connectivity index (χ0) is 43.3. The topological polar surface area (TPSA) is 174 Å². The lowest BCUT2D eigenvalue weighted by molar-refractivity contribution is -0.149. The van der Waals surface area contributed by atoms with Crippen molar-refractivity contribution in [3.8, 4) is 0 Å². The standard InChI is InChI=1S/C45H54N10O6/c1-31(2)43(56)59-28-37-13-7-34(8-14-37)19-53-25-40(46-49-53)22-52(23-41-26-54(50-47-41)20-35-9-15-38(16-10-35)29-60-44(57)32(3)4)24-42-27-55(51-48-42)21-36-11-17-39(18-12-36)30-61-45(58)33(5)6/h7-18,25-27,31-33H,19-24,28-30H2,1-6H3. The Morgan fingerprint density at radius 3 is 0.934 bits per heavy atom. The molecule has 0 fully saturated rings. The summed E-state index contributed by atoms with van der Waals surface area (Å²) in [5.74, 6) is -1.18. The second kappa shape index (κ2) is 21.1. The summed E-state index contributed by atoms with van der Waals surface area (Å²) in [4.78, 5) is 37.8. The molecule has 0 atom stereocenters. The Bertz CT molecular complexity index is 2070. The van der Waals surface area contributed by atoms with Crippen molar-refractivity contribution in [2.75, 3.05) is 0 Å². The maximum atomic E-state index is 11.9. The van der Waals surface area contributed by atoms with Crippen LogP contribution in [0.1, 0.15) is 92.0 Å². The van der Waals surface area contributed by atoms with E-state index in [0.717, 1.165) is 50.5 Å². The van der Waals surface area contributed by atoms with Crippen molar-refractivity contribution in [2.45, 2.75) is 101 Å². The quantitative estimate of drug-likeness (QED) is 0.0620. The summed E-state index contributed by atoms with van der Waals surface area (Å²) in [6.07, 6.45) is 5.79. The number of hydrogen-bond donors (Lipinski definition) is 0. The highest BCUT2D eigenvalue weighted by molar-refractivity contribution is 5.72. The summed E-state index contributed by atoms with van der Waals surface area (Å²) in [6, 6.07) is 23.7. The van der Waals surface area contributed by atoms with Crippen LogP contribution in [0.3, 0.4) is 0 Å². The highest BCUT2D eigenvalue weighted by atomic mass is 16.5. The SMILES string of the molecule is CC(C)C(=O)OCc1ccc(Cn2cc(CN(Cc3cn(Cc4ccc(COC(=O)C(C)C)cc4)nn3)Cc3cn(Cc4ccc(COC(=O)C(C)C)cc4)nn3)nn2)cc1. The third-order valence-corrected chi connectivity index (χ3v) is 9.58. The molecule has 0 spiro atoms. The van der Waals surface area contributed by atoms with Crippen molar-refractivity contribution in [3.63, 3.8) is 0 Å². The van der Waals surface area contributed by atoms with Gasteiger partial charge in [0.15, 0.2) is 0 Å². The second-order valence-corrected chi connectivity index (χ2v) is 16.1. The normalized spacial score (nSPS) is 11.5. The molecule has 3 heterocycles. The molecule has 0 saturated heterocycles. The van der Waals surface area contributed by atoms with Gasteiger partial charge in [-0.05, 0) is 33.4 Å². The summed E-state index contributed by atoms with van der Waals surface area (Å²) >= 11 is 0. The van der Waals surface area contributed by atoms with E-state index in [-0.39, 0.29) is 55.5 Å². The molecule has 0 bridgehead atoms. The number of rotatable bonds is 21. The van der Waals surface area contributed by atoms with Crippen LogP contribution in [0, 0.1) is 17.8 Å². The molecular weight excluding hydrogens is 777 g/mol. The minimum absolute atomic E-state index is 0.171. The molecule has 3 aromatic carbocycles. The Morgan fingerprint density at radius 2 is 0.689 bits per heavy atom. The van der Waals surface area contributed by atoms with Crippen molar-refractivity contribution in [3.05, 3.63) is 142 Å². The molecule has 0 N–H and O–H groups in total. The van der Waals surface area contributed by atoms with E-state index in [1.165, 1.54) is 0 Å². The van der Waals surface area contributed by atoms with Gasteiger partial charge in [0.25, 0.3) is 0 Å². The van der Waals surface area contributed by atoms with Gasteiger partial charge in [-0.15, -0.1) is 15.3 Å². The molecule has 0 unspecified atom stereocenters.